The lowest BCUT2D eigenvalue weighted by Gasteiger charge is -2.54. The number of benzene rings is 2. The van der Waals surface area contributed by atoms with Crippen LogP contribution in [-0.4, -0.2) is 22.2 Å². The number of rotatable bonds is 7. The van der Waals surface area contributed by atoms with Crippen molar-refractivity contribution in [2.24, 2.45) is 29.6 Å². The standard InChI is InChI=1S/C30H33Cl2N3O/c1-18-28(30(36)33-11-5-8-25-22-13-19-12-20(15-22)16-23(25)14-19)34-35(27-10-9-24(31)17-26(27)32)29(18)21-6-3-2-4-7-21/h2-4,6-7,9-10,17,19-20,22-23,25H,5,8,11-16H2,1H3,(H,33,36). The van der Waals surface area contributed by atoms with E-state index in [1.807, 2.05) is 43.3 Å². The van der Waals surface area contributed by atoms with Crippen molar-refractivity contribution in [3.63, 3.8) is 0 Å². The van der Waals surface area contributed by atoms with E-state index < -0.39 is 0 Å². The van der Waals surface area contributed by atoms with Gasteiger partial charge >= 0.3 is 0 Å². The first kappa shape index (κ1) is 24.1. The molecule has 4 aliphatic carbocycles. The van der Waals surface area contributed by atoms with Crippen molar-refractivity contribution >= 4 is 29.1 Å². The van der Waals surface area contributed by atoms with Gasteiger partial charge in [0.25, 0.3) is 5.91 Å². The van der Waals surface area contributed by atoms with Crippen LogP contribution in [0.4, 0.5) is 0 Å². The summed E-state index contributed by atoms with van der Waals surface area (Å²) in [7, 11) is 0. The number of amides is 1. The third-order valence-corrected chi connectivity index (χ3v) is 9.48. The molecular formula is C30H33Cl2N3O. The minimum absolute atomic E-state index is 0.126. The lowest BCUT2D eigenvalue weighted by molar-refractivity contribution is -0.0401. The second-order valence-corrected chi connectivity index (χ2v) is 12.0. The first-order valence-electron chi connectivity index (χ1n) is 13.4. The first-order chi connectivity index (χ1) is 17.5. The van der Waals surface area contributed by atoms with Crippen LogP contribution in [0.5, 0.6) is 0 Å². The van der Waals surface area contributed by atoms with E-state index in [9.17, 15) is 4.79 Å². The normalized spacial score (nSPS) is 26.4. The molecule has 0 atom stereocenters. The number of hydrogen-bond donors (Lipinski definition) is 1. The Morgan fingerprint density at radius 2 is 1.69 bits per heavy atom. The monoisotopic (exact) mass is 521 g/mol. The molecule has 1 amide bonds. The van der Waals surface area contributed by atoms with E-state index in [1.54, 1.807) is 16.8 Å². The summed E-state index contributed by atoms with van der Waals surface area (Å²) in [6.45, 7) is 2.65. The summed E-state index contributed by atoms with van der Waals surface area (Å²) in [4.78, 5) is 13.3. The van der Waals surface area contributed by atoms with Crippen LogP contribution in [0.25, 0.3) is 16.9 Å². The van der Waals surface area contributed by atoms with Crippen LogP contribution in [-0.2, 0) is 0 Å². The molecule has 7 rings (SSSR count). The number of halogens is 2. The van der Waals surface area contributed by atoms with Crippen LogP contribution in [0.3, 0.4) is 0 Å². The number of nitrogens with zero attached hydrogens (tertiary/aromatic N) is 2. The van der Waals surface area contributed by atoms with Crippen LogP contribution in [0, 0.1) is 36.5 Å². The molecule has 0 aliphatic heterocycles. The van der Waals surface area contributed by atoms with Gasteiger partial charge in [-0.15, -0.1) is 0 Å². The van der Waals surface area contributed by atoms with Crippen molar-refractivity contribution in [3.05, 3.63) is 69.8 Å². The maximum absolute atomic E-state index is 13.3. The zero-order chi connectivity index (χ0) is 24.8. The third-order valence-electron chi connectivity index (χ3n) is 8.94. The van der Waals surface area contributed by atoms with Gasteiger partial charge in [0.05, 0.1) is 16.4 Å². The fourth-order valence-electron chi connectivity index (χ4n) is 7.61. The van der Waals surface area contributed by atoms with Gasteiger partial charge in [0, 0.05) is 22.7 Å². The summed E-state index contributed by atoms with van der Waals surface area (Å²) >= 11 is 12.7. The topological polar surface area (TPSA) is 46.9 Å². The SMILES string of the molecule is Cc1c(C(=O)NCCCC2C3CC4CC(C3)CC2C4)nn(-c2ccc(Cl)cc2Cl)c1-c1ccccc1. The van der Waals surface area contributed by atoms with Gasteiger partial charge in [-0.2, -0.15) is 5.10 Å². The molecule has 2 aromatic carbocycles. The molecule has 0 radical (unpaired) electrons. The Bertz CT molecular complexity index is 1240. The summed E-state index contributed by atoms with van der Waals surface area (Å²) in [5, 5.41) is 8.96. The molecule has 1 aromatic heterocycles. The Balaban J connectivity index is 1.18. The van der Waals surface area contributed by atoms with Crippen LogP contribution in [0.2, 0.25) is 10.0 Å². The molecular weight excluding hydrogens is 489 g/mol. The van der Waals surface area contributed by atoms with Gasteiger partial charge in [0.1, 0.15) is 0 Å². The maximum Gasteiger partial charge on any atom is 0.272 e. The van der Waals surface area contributed by atoms with E-state index >= 15 is 0 Å². The van der Waals surface area contributed by atoms with E-state index in [0.29, 0.717) is 28.0 Å². The molecule has 0 unspecified atom stereocenters. The third kappa shape index (κ3) is 4.48. The van der Waals surface area contributed by atoms with Gasteiger partial charge in [0.15, 0.2) is 5.69 Å². The highest BCUT2D eigenvalue weighted by Crippen LogP contribution is 2.57. The zero-order valence-corrected chi connectivity index (χ0v) is 22.2. The van der Waals surface area contributed by atoms with Gasteiger partial charge in [0.2, 0.25) is 0 Å². The largest absolute Gasteiger partial charge is 0.351 e. The van der Waals surface area contributed by atoms with Crippen LogP contribution in [0.1, 0.15) is 61.0 Å². The molecule has 0 saturated heterocycles. The number of carbonyl (C=O) groups is 1. The lowest BCUT2D eigenvalue weighted by Crippen LogP contribution is -2.45. The number of aromatic nitrogens is 2. The van der Waals surface area contributed by atoms with Gasteiger partial charge in [-0.05, 0) is 99.7 Å². The minimum Gasteiger partial charge on any atom is -0.351 e. The number of hydrogen-bond acceptors (Lipinski definition) is 2. The predicted octanol–water partition coefficient (Wildman–Crippen LogP) is 7.74. The highest BCUT2D eigenvalue weighted by molar-refractivity contribution is 6.35. The highest BCUT2D eigenvalue weighted by Gasteiger charge is 2.47. The molecule has 4 bridgehead atoms. The van der Waals surface area contributed by atoms with E-state index in [-0.39, 0.29) is 5.91 Å². The fourth-order valence-corrected chi connectivity index (χ4v) is 8.10. The van der Waals surface area contributed by atoms with E-state index in [2.05, 4.69) is 5.32 Å². The molecule has 6 heteroatoms. The Morgan fingerprint density at radius 1 is 1.00 bits per heavy atom. The van der Waals surface area contributed by atoms with Crippen molar-refractivity contribution in [2.75, 3.05) is 6.54 Å². The van der Waals surface area contributed by atoms with Crippen molar-refractivity contribution in [2.45, 2.75) is 51.9 Å². The highest BCUT2D eigenvalue weighted by atomic mass is 35.5. The Hall–Kier alpha value is -2.30. The van der Waals surface area contributed by atoms with Gasteiger partial charge in [-0.25, -0.2) is 4.68 Å². The van der Waals surface area contributed by atoms with Crippen molar-refractivity contribution in [1.82, 2.24) is 15.1 Å². The van der Waals surface area contributed by atoms with E-state index in [4.69, 9.17) is 28.3 Å². The Labute approximate surface area is 223 Å². The number of carbonyl (C=O) groups excluding carboxylic acids is 1. The lowest BCUT2D eigenvalue weighted by atomic mass is 9.51. The quantitative estimate of drug-likeness (QED) is 0.323. The summed E-state index contributed by atoms with van der Waals surface area (Å²) in [6, 6.07) is 15.3. The zero-order valence-electron chi connectivity index (χ0n) is 20.7. The fraction of sp³-hybridized carbons (Fsp3) is 0.467. The van der Waals surface area contributed by atoms with Gasteiger partial charge in [-0.3, -0.25) is 4.79 Å². The Kier molecular flexibility index (Phi) is 6.60. The summed E-state index contributed by atoms with van der Waals surface area (Å²) in [5.41, 5.74) is 3.82. The van der Waals surface area contributed by atoms with Crippen molar-refractivity contribution in [3.8, 4) is 16.9 Å². The molecule has 188 valence electrons. The average molecular weight is 523 g/mol. The minimum atomic E-state index is -0.126. The van der Waals surface area contributed by atoms with E-state index in [0.717, 1.165) is 52.8 Å². The van der Waals surface area contributed by atoms with Gasteiger partial charge in [-0.1, -0.05) is 53.5 Å². The van der Waals surface area contributed by atoms with Crippen molar-refractivity contribution < 1.29 is 4.79 Å². The molecule has 0 spiro atoms. The summed E-state index contributed by atoms with van der Waals surface area (Å²) in [6.07, 6.45) is 9.58. The molecule has 3 aromatic rings. The van der Waals surface area contributed by atoms with Crippen LogP contribution < -0.4 is 5.32 Å². The second-order valence-electron chi connectivity index (χ2n) is 11.2. The molecule has 4 nitrogen and oxygen atoms in total. The first-order valence-corrected chi connectivity index (χ1v) is 14.1. The molecule has 4 aliphatic rings. The van der Waals surface area contributed by atoms with Crippen LogP contribution in [0.15, 0.2) is 48.5 Å². The predicted molar refractivity (Wildman–Crippen MR) is 146 cm³/mol. The Morgan fingerprint density at radius 3 is 2.36 bits per heavy atom. The average Bonchev–Trinajstić information content (AvgIpc) is 3.20. The summed E-state index contributed by atoms with van der Waals surface area (Å²) in [5.74, 6) is 4.63. The van der Waals surface area contributed by atoms with Crippen molar-refractivity contribution in [1.29, 1.82) is 0 Å². The smallest absolute Gasteiger partial charge is 0.272 e. The molecule has 1 heterocycles. The molecule has 4 saturated carbocycles. The van der Waals surface area contributed by atoms with Gasteiger partial charge < -0.3 is 5.32 Å². The molecule has 4 fully saturated rings. The second kappa shape index (κ2) is 9.87. The van der Waals surface area contributed by atoms with E-state index in [1.165, 1.54) is 38.5 Å². The van der Waals surface area contributed by atoms with Crippen LogP contribution >= 0.6 is 23.2 Å². The maximum atomic E-state index is 13.3. The summed E-state index contributed by atoms with van der Waals surface area (Å²) < 4.78 is 1.77. The molecule has 1 N–H and O–H groups in total. The molecule has 36 heavy (non-hydrogen) atoms. The number of nitrogens with one attached hydrogen (secondary N) is 1.